The molecule has 0 aliphatic carbocycles. The van der Waals surface area contributed by atoms with Gasteiger partial charge in [0.15, 0.2) is 0 Å². The van der Waals surface area contributed by atoms with Gasteiger partial charge < -0.3 is 5.32 Å². The Labute approximate surface area is 175 Å². The number of anilines is 1. The van der Waals surface area contributed by atoms with E-state index < -0.39 is 0 Å². The van der Waals surface area contributed by atoms with Crippen LogP contribution in [0.3, 0.4) is 0 Å². The lowest BCUT2D eigenvalue weighted by atomic mass is 9.98. The highest BCUT2D eigenvalue weighted by Gasteiger charge is 2.26. The summed E-state index contributed by atoms with van der Waals surface area (Å²) in [6.07, 6.45) is 0. The summed E-state index contributed by atoms with van der Waals surface area (Å²) in [7, 11) is 0. The van der Waals surface area contributed by atoms with Gasteiger partial charge in [0.05, 0.1) is 6.04 Å². The standard InChI is InChI=1S/C25H35N3O/c1-18(2)23-12-8-10-20(4)24(23)26-25(29)21(5)28-15-13-27(14-16-28)17-22-11-7-6-9-19(22)3/h6-12,18,21H,13-17H2,1-5H3,(H,26,29)/t21-/m1/s1. The van der Waals surface area contributed by atoms with Gasteiger partial charge in [-0.15, -0.1) is 0 Å². The number of para-hydroxylation sites is 1. The molecule has 0 bridgehead atoms. The number of carbonyl (C=O) groups excluding carboxylic acids is 1. The highest BCUT2D eigenvalue weighted by Crippen LogP contribution is 2.27. The third-order valence-electron chi connectivity index (χ3n) is 6.16. The van der Waals surface area contributed by atoms with Crippen LogP contribution >= 0.6 is 0 Å². The van der Waals surface area contributed by atoms with Crippen LogP contribution in [-0.4, -0.2) is 47.9 Å². The van der Waals surface area contributed by atoms with E-state index in [4.69, 9.17) is 0 Å². The van der Waals surface area contributed by atoms with Crippen molar-refractivity contribution in [2.24, 2.45) is 0 Å². The minimum atomic E-state index is -0.129. The molecule has 0 saturated carbocycles. The molecule has 4 nitrogen and oxygen atoms in total. The Morgan fingerprint density at radius 1 is 0.931 bits per heavy atom. The van der Waals surface area contributed by atoms with Crippen LogP contribution in [0.15, 0.2) is 42.5 Å². The van der Waals surface area contributed by atoms with E-state index in [1.165, 1.54) is 16.7 Å². The number of hydrogen-bond acceptors (Lipinski definition) is 3. The maximum absolute atomic E-state index is 13.0. The summed E-state index contributed by atoms with van der Waals surface area (Å²) in [5, 5.41) is 3.22. The minimum absolute atomic E-state index is 0.0913. The quantitative estimate of drug-likeness (QED) is 0.781. The molecule has 0 unspecified atom stereocenters. The van der Waals surface area contributed by atoms with Gasteiger partial charge in [0.25, 0.3) is 0 Å². The van der Waals surface area contributed by atoms with Crippen LogP contribution in [0.5, 0.6) is 0 Å². The molecule has 1 N–H and O–H groups in total. The summed E-state index contributed by atoms with van der Waals surface area (Å²) in [6.45, 7) is 15.4. The van der Waals surface area contributed by atoms with Crippen molar-refractivity contribution >= 4 is 11.6 Å². The third-order valence-corrected chi connectivity index (χ3v) is 6.16. The number of carbonyl (C=O) groups is 1. The van der Waals surface area contributed by atoms with Crippen molar-refractivity contribution in [3.8, 4) is 0 Å². The van der Waals surface area contributed by atoms with Gasteiger partial charge in [-0.3, -0.25) is 14.6 Å². The zero-order chi connectivity index (χ0) is 21.0. The molecule has 1 saturated heterocycles. The molecule has 3 rings (SSSR count). The lowest BCUT2D eigenvalue weighted by molar-refractivity contribution is -0.121. The van der Waals surface area contributed by atoms with Gasteiger partial charge in [-0.05, 0) is 48.9 Å². The van der Waals surface area contributed by atoms with Gasteiger partial charge >= 0.3 is 0 Å². The molecule has 1 fully saturated rings. The van der Waals surface area contributed by atoms with E-state index in [-0.39, 0.29) is 11.9 Å². The fourth-order valence-corrected chi connectivity index (χ4v) is 4.07. The topological polar surface area (TPSA) is 35.6 Å². The lowest BCUT2D eigenvalue weighted by Gasteiger charge is -2.37. The molecule has 1 aliphatic rings. The first-order valence-corrected chi connectivity index (χ1v) is 10.8. The third kappa shape index (κ3) is 5.26. The monoisotopic (exact) mass is 393 g/mol. The summed E-state index contributed by atoms with van der Waals surface area (Å²) < 4.78 is 0. The normalized spacial score (nSPS) is 16.8. The van der Waals surface area contributed by atoms with Crippen molar-refractivity contribution in [2.75, 3.05) is 31.5 Å². The lowest BCUT2D eigenvalue weighted by Crippen LogP contribution is -2.52. The fourth-order valence-electron chi connectivity index (χ4n) is 4.07. The smallest absolute Gasteiger partial charge is 0.241 e. The molecule has 2 aromatic rings. The Balaban J connectivity index is 1.58. The summed E-state index contributed by atoms with van der Waals surface area (Å²) in [5.74, 6) is 0.471. The van der Waals surface area contributed by atoms with Crippen molar-refractivity contribution < 1.29 is 4.79 Å². The molecular formula is C25H35N3O. The Kier molecular flexibility index (Phi) is 7.09. The van der Waals surface area contributed by atoms with Gasteiger partial charge in [0.1, 0.15) is 0 Å². The molecular weight excluding hydrogens is 358 g/mol. The fraction of sp³-hybridized carbons (Fsp3) is 0.480. The molecule has 0 spiro atoms. The van der Waals surface area contributed by atoms with E-state index >= 15 is 0 Å². The molecule has 4 heteroatoms. The number of nitrogens with one attached hydrogen (secondary N) is 1. The number of benzene rings is 2. The molecule has 29 heavy (non-hydrogen) atoms. The first-order chi connectivity index (χ1) is 13.9. The second kappa shape index (κ2) is 9.55. The van der Waals surface area contributed by atoms with Crippen LogP contribution in [0, 0.1) is 13.8 Å². The molecule has 156 valence electrons. The molecule has 0 aromatic heterocycles. The maximum Gasteiger partial charge on any atom is 0.241 e. The first kappa shape index (κ1) is 21.5. The molecule has 1 atom stereocenters. The Morgan fingerprint density at radius 2 is 1.59 bits per heavy atom. The SMILES string of the molecule is Cc1ccccc1CN1CCN([C@H](C)C(=O)Nc2c(C)cccc2C(C)C)CC1. The van der Waals surface area contributed by atoms with Gasteiger partial charge in [-0.2, -0.15) is 0 Å². The number of nitrogens with zero attached hydrogens (tertiary/aromatic N) is 2. The molecule has 1 amide bonds. The minimum Gasteiger partial charge on any atom is -0.324 e. The van der Waals surface area contributed by atoms with Crippen LogP contribution in [0.1, 0.15) is 48.9 Å². The Morgan fingerprint density at radius 3 is 2.24 bits per heavy atom. The van der Waals surface area contributed by atoms with E-state index in [1.807, 2.05) is 6.92 Å². The van der Waals surface area contributed by atoms with E-state index in [9.17, 15) is 4.79 Å². The average molecular weight is 394 g/mol. The predicted octanol–water partition coefficient (Wildman–Crippen LogP) is 4.57. The van der Waals surface area contributed by atoms with Crippen LogP contribution in [0.25, 0.3) is 0 Å². The Bertz CT molecular complexity index is 838. The van der Waals surface area contributed by atoms with Gasteiger partial charge in [0, 0.05) is 38.4 Å². The van der Waals surface area contributed by atoms with E-state index in [2.05, 4.69) is 85.3 Å². The van der Waals surface area contributed by atoms with Crippen LogP contribution in [-0.2, 0) is 11.3 Å². The van der Waals surface area contributed by atoms with E-state index in [1.54, 1.807) is 0 Å². The van der Waals surface area contributed by atoms with Crippen molar-refractivity contribution in [2.45, 2.75) is 53.1 Å². The zero-order valence-electron chi connectivity index (χ0n) is 18.5. The molecule has 0 radical (unpaired) electrons. The van der Waals surface area contributed by atoms with Gasteiger partial charge in [-0.1, -0.05) is 56.3 Å². The highest BCUT2D eigenvalue weighted by molar-refractivity contribution is 5.96. The number of rotatable bonds is 6. The first-order valence-electron chi connectivity index (χ1n) is 10.8. The van der Waals surface area contributed by atoms with Crippen LogP contribution < -0.4 is 5.32 Å². The molecule has 1 heterocycles. The highest BCUT2D eigenvalue weighted by atomic mass is 16.2. The maximum atomic E-state index is 13.0. The largest absolute Gasteiger partial charge is 0.324 e. The van der Waals surface area contributed by atoms with Crippen molar-refractivity contribution in [1.29, 1.82) is 0 Å². The second-order valence-corrected chi connectivity index (χ2v) is 8.60. The molecule has 2 aromatic carbocycles. The zero-order valence-corrected chi connectivity index (χ0v) is 18.5. The van der Waals surface area contributed by atoms with Crippen molar-refractivity contribution in [3.63, 3.8) is 0 Å². The van der Waals surface area contributed by atoms with Gasteiger partial charge in [-0.25, -0.2) is 0 Å². The average Bonchev–Trinajstić information content (AvgIpc) is 2.71. The number of aryl methyl sites for hydroxylation is 2. The van der Waals surface area contributed by atoms with E-state index in [0.29, 0.717) is 5.92 Å². The number of amides is 1. The summed E-state index contributed by atoms with van der Waals surface area (Å²) in [6, 6.07) is 14.7. The Hall–Kier alpha value is -2.17. The van der Waals surface area contributed by atoms with Crippen molar-refractivity contribution in [3.05, 3.63) is 64.7 Å². The summed E-state index contributed by atoms with van der Waals surface area (Å²) in [5.41, 5.74) is 6.06. The van der Waals surface area contributed by atoms with E-state index in [0.717, 1.165) is 44.0 Å². The predicted molar refractivity (Wildman–Crippen MR) is 121 cm³/mol. The number of piperazine rings is 1. The summed E-state index contributed by atoms with van der Waals surface area (Å²) >= 11 is 0. The second-order valence-electron chi connectivity index (χ2n) is 8.60. The van der Waals surface area contributed by atoms with Gasteiger partial charge in [0.2, 0.25) is 5.91 Å². The van der Waals surface area contributed by atoms with Crippen molar-refractivity contribution in [1.82, 2.24) is 9.80 Å². The number of hydrogen-bond donors (Lipinski definition) is 1. The van der Waals surface area contributed by atoms with Crippen LogP contribution in [0.4, 0.5) is 5.69 Å². The summed E-state index contributed by atoms with van der Waals surface area (Å²) in [4.78, 5) is 17.8. The van der Waals surface area contributed by atoms with Crippen LogP contribution in [0.2, 0.25) is 0 Å². The molecule has 1 aliphatic heterocycles.